The number of amides is 1. The standard InChI is InChI=1S/C52H103NO3/c1-3-5-7-9-11-13-15-17-19-21-23-24-25-26-27-28-29-30-32-34-36-38-40-42-44-46-48-52(56)53-50(49-54)51(55)47-45-43-41-39-37-35-33-31-22-20-18-16-14-12-10-8-6-4-2/h45,47,50-51,54-55H,3-44,46,48-49H2,1-2H3,(H,53,56)/b47-45+. The molecule has 3 N–H and O–H groups in total. The second-order valence-corrected chi connectivity index (χ2v) is 18.0. The summed E-state index contributed by atoms with van der Waals surface area (Å²) in [6.07, 6.45) is 62.1. The monoisotopic (exact) mass is 790 g/mol. The minimum Gasteiger partial charge on any atom is -0.394 e. The molecular weight excluding hydrogens is 687 g/mol. The van der Waals surface area contributed by atoms with Crippen molar-refractivity contribution >= 4 is 5.91 Å². The molecule has 1 amide bonds. The summed E-state index contributed by atoms with van der Waals surface area (Å²) < 4.78 is 0. The number of aliphatic hydroxyl groups excluding tert-OH is 2. The van der Waals surface area contributed by atoms with Crippen LogP contribution in [-0.4, -0.2) is 34.9 Å². The van der Waals surface area contributed by atoms with Crippen molar-refractivity contribution in [1.29, 1.82) is 0 Å². The van der Waals surface area contributed by atoms with Crippen LogP contribution in [-0.2, 0) is 4.79 Å². The van der Waals surface area contributed by atoms with Crippen molar-refractivity contribution in [2.45, 2.75) is 309 Å². The highest BCUT2D eigenvalue weighted by atomic mass is 16.3. The van der Waals surface area contributed by atoms with Gasteiger partial charge in [-0.1, -0.05) is 283 Å². The van der Waals surface area contributed by atoms with Gasteiger partial charge >= 0.3 is 0 Å². The Morgan fingerprint density at radius 1 is 0.411 bits per heavy atom. The molecule has 0 saturated heterocycles. The number of hydrogen-bond donors (Lipinski definition) is 3. The van der Waals surface area contributed by atoms with Crippen LogP contribution in [0.5, 0.6) is 0 Å². The predicted molar refractivity (Wildman–Crippen MR) is 249 cm³/mol. The number of unbranched alkanes of at least 4 members (excludes halogenated alkanes) is 41. The molecule has 4 nitrogen and oxygen atoms in total. The summed E-state index contributed by atoms with van der Waals surface area (Å²) in [7, 11) is 0. The van der Waals surface area contributed by atoms with E-state index in [1.807, 2.05) is 6.08 Å². The summed E-state index contributed by atoms with van der Waals surface area (Å²) >= 11 is 0. The van der Waals surface area contributed by atoms with E-state index in [1.54, 1.807) is 6.08 Å². The summed E-state index contributed by atoms with van der Waals surface area (Å²) in [5, 5.41) is 23.1. The van der Waals surface area contributed by atoms with Crippen LogP contribution in [0.4, 0.5) is 0 Å². The van der Waals surface area contributed by atoms with Crippen molar-refractivity contribution in [3.63, 3.8) is 0 Å². The van der Waals surface area contributed by atoms with E-state index in [0.29, 0.717) is 6.42 Å². The van der Waals surface area contributed by atoms with Gasteiger partial charge in [0, 0.05) is 6.42 Å². The largest absolute Gasteiger partial charge is 0.394 e. The number of carbonyl (C=O) groups is 1. The third-order valence-corrected chi connectivity index (χ3v) is 12.3. The Labute approximate surface area is 352 Å². The van der Waals surface area contributed by atoms with Crippen LogP contribution in [0.25, 0.3) is 0 Å². The number of nitrogens with one attached hydrogen (secondary N) is 1. The van der Waals surface area contributed by atoms with Gasteiger partial charge in [-0.15, -0.1) is 0 Å². The van der Waals surface area contributed by atoms with Crippen LogP contribution >= 0.6 is 0 Å². The molecule has 0 rings (SSSR count). The quantitative estimate of drug-likeness (QED) is 0.0425. The highest BCUT2D eigenvalue weighted by molar-refractivity contribution is 5.76. The third kappa shape index (κ3) is 44.2. The Morgan fingerprint density at radius 2 is 0.661 bits per heavy atom. The molecule has 0 aliphatic carbocycles. The molecule has 2 atom stereocenters. The molecule has 0 saturated carbocycles. The summed E-state index contributed by atoms with van der Waals surface area (Å²) in [5.74, 6) is -0.0568. The number of rotatable bonds is 48. The fourth-order valence-electron chi connectivity index (χ4n) is 8.30. The zero-order chi connectivity index (χ0) is 40.7. The first-order valence-corrected chi connectivity index (χ1v) is 25.9. The summed E-state index contributed by atoms with van der Waals surface area (Å²) in [6.45, 7) is 4.34. The van der Waals surface area contributed by atoms with Crippen molar-refractivity contribution in [2.75, 3.05) is 6.61 Å². The molecule has 334 valence electrons. The van der Waals surface area contributed by atoms with E-state index < -0.39 is 12.1 Å². The lowest BCUT2D eigenvalue weighted by Gasteiger charge is -2.20. The SMILES string of the molecule is CCCCCCCCCCCCCCCCCC/C=C/C(O)C(CO)NC(=O)CCCCCCCCCCCCCCCCCCCCCCCCCCCC. The minimum atomic E-state index is -0.834. The van der Waals surface area contributed by atoms with E-state index in [0.717, 1.165) is 25.7 Å². The van der Waals surface area contributed by atoms with Crippen LogP contribution in [0.2, 0.25) is 0 Å². The number of hydrogen-bond acceptors (Lipinski definition) is 3. The Morgan fingerprint density at radius 3 is 0.929 bits per heavy atom. The number of carbonyl (C=O) groups excluding carboxylic acids is 1. The summed E-state index contributed by atoms with van der Waals surface area (Å²) in [6, 6.07) is -0.617. The molecule has 0 aromatic heterocycles. The molecule has 0 radical (unpaired) electrons. The molecule has 4 heteroatoms. The highest BCUT2D eigenvalue weighted by Gasteiger charge is 2.18. The minimum absolute atomic E-state index is 0.0568. The van der Waals surface area contributed by atoms with Crippen molar-refractivity contribution in [3.05, 3.63) is 12.2 Å². The van der Waals surface area contributed by atoms with Crippen LogP contribution in [0.15, 0.2) is 12.2 Å². The Bertz CT molecular complexity index is 769. The molecular formula is C52H103NO3. The van der Waals surface area contributed by atoms with Gasteiger partial charge < -0.3 is 15.5 Å². The molecule has 0 bridgehead atoms. The Balaban J connectivity index is 3.45. The van der Waals surface area contributed by atoms with E-state index in [2.05, 4.69) is 19.2 Å². The smallest absolute Gasteiger partial charge is 0.220 e. The van der Waals surface area contributed by atoms with Gasteiger partial charge in [-0.05, 0) is 19.3 Å². The lowest BCUT2D eigenvalue weighted by atomic mass is 10.0. The molecule has 2 unspecified atom stereocenters. The van der Waals surface area contributed by atoms with Crippen LogP contribution in [0, 0.1) is 0 Å². The van der Waals surface area contributed by atoms with Crippen molar-refractivity contribution in [2.24, 2.45) is 0 Å². The normalized spacial score (nSPS) is 12.9. The predicted octanol–water partition coefficient (Wildman–Crippen LogP) is 16.6. The second-order valence-electron chi connectivity index (χ2n) is 18.0. The first-order valence-electron chi connectivity index (χ1n) is 25.9. The average molecular weight is 790 g/mol. The summed E-state index contributed by atoms with van der Waals surface area (Å²) in [5.41, 5.74) is 0. The molecule has 0 aliphatic rings. The van der Waals surface area contributed by atoms with Gasteiger partial charge in [0.2, 0.25) is 5.91 Å². The maximum absolute atomic E-state index is 12.4. The van der Waals surface area contributed by atoms with Gasteiger partial charge in [0.15, 0.2) is 0 Å². The maximum Gasteiger partial charge on any atom is 0.220 e. The Hall–Kier alpha value is -0.870. The van der Waals surface area contributed by atoms with Gasteiger partial charge in [-0.3, -0.25) is 4.79 Å². The van der Waals surface area contributed by atoms with E-state index in [9.17, 15) is 15.0 Å². The maximum atomic E-state index is 12.4. The first kappa shape index (κ1) is 55.1. The molecule has 0 fully saturated rings. The number of aliphatic hydroxyl groups is 2. The van der Waals surface area contributed by atoms with Crippen LogP contribution in [0.1, 0.15) is 296 Å². The zero-order valence-electron chi connectivity index (χ0n) is 38.4. The fraction of sp³-hybridized carbons (Fsp3) is 0.942. The van der Waals surface area contributed by atoms with E-state index in [1.165, 1.54) is 250 Å². The van der Waals surface area contributed by atoms with E-state index in [4.69, 9.17) is 0 Å². The number of allylic oxidation sites excluding steroid dienone is 1. The molecule has 0 aliphatic heterocycles. The van der Waals surface area contributed by atoms with Gasteiger partial charge in [0.1, 0.15) is 0 Å². The van der Waals surface area contributed by atoms with Gasteiger partial charge in [0.25, 0.3) is 0 Å². The van der Waals surface area contributed by atoms with Gasteiger partial charge in [0.05, 0.1) is 18.8 Å². The zero-order valence-corrected chi connectivity index (χ0v) is 38.4. The fourth-order valence-corrected chi connectivity index (χ4v) is 8.30. The van der Waals surface area contributed by atoms with Crippen molar-refractivity contribution < 1.29 is 15.0 Å². The first-order chi connectivity index (χ1) is 27.7. The summed E-state index contributed by atoms with van der Waals surface area (Å²) in [4.78, 5) is 12.4. The molecule has 56 heavy (non-hydrogen) atoms. The van der Waals surface area contributed by atoms with Crippen molar-refractivity contribution in [1.82, 2.24) is 5.32 Å². The average Bonchev–Trinajstić information content (AvgIpc) is 3.20. The molecule has 0 aromatic carbocycles. The van der Waals surface area contributed by atoms with Crippen LogP contribution in [0.3, 0.4) is 0 Å². The van der Waals surface area contributed by atoms with E-state index >= 15 is 0 Å². The van der Waals surface area contributed by atoms with Crippen LogP contribution < -0.4 is 5.32 Å². The van der Waals surface area contributed by atoms with E-state index in [-0.39, 0.29) is 12.5 Å². The highest BCUT2D eigenvalue weighted by Crippen LogP contribution is 2.17. The van der Waals surface area contributed by atoms with Crippen molar-refractivity contribution in [3.8, 4) is 0 Å². The molecule has 0 aromatic rings. The molecule has 0 spiro atoms. The van der Waals surface area contributed by atoms with Gasteiger partial charge in [-0.25, -0.2) is 0 Å². The molecule has 0 heterocycles. The van der Waals surface area contributed by atoms with Gasteiger partial charge in [-0.2, -0.15) is 0 Å². The Kier molecular flexibility index (Phi) is 47.7. The second kappa shape index (κ2) is 48.5. The lowest BCUT2D eigenvalue weighted by molar-refractivity contribution is -0.123. The third-order valence-electron chi connectivity index (χ3n) is 12.3. The lowest BCUT2D eigenvalue weighted by Crippen LogP contribution is -2.45. The topological polar surface area (TPSA) is 69.6 Å².